The molecule has 0 unspecified atom stereocenters. The second kappa shape index (κ2) is 6.56. The predicted molar refractivity (Wildman–Crippen MR) is 89.4 cm³/mol. The van der Waals surface area contributed by atoms with Crippen molar-refractivity contribution in [1.82, 2.24) is 4.72 Å². The first kappa shape index (κ1) is 17.6. The lowest BCUT2D eigenvalue weighted by Gasteiger charge is -2.25. The molecule has 19 heavy (non-hydrogen) atoms. The summed E-state index contributed by atoms with van der Waals surface area (Å²) in [5.41, 5.74) is 0.476. The van der Waals surface area contributed by atoms with Crippen LogP contribution < -0.4 is 4.72 Å². The van der Waals surface area contributed by atoms with Crippen molar-refractivity contribution < 1.29 is 8.42 Å². The number of nitrogens with one attached hydrogen (secondary N) is 1. The Balaban J connectivity index is 3.18. The van der Waals surface area contributed by atoms with Gasteiger partial charge in [0.1, 0.15) is 0 Å². The van der Waals surface area contributed by atoms with Gasteiger partial charge in [-0.3, -0.25) is 0 Å². The molecule has 0 spiro atoms. The molecule has 0 radical (unpaired) electrons. The normalized spacial score (nSPS) is 12.7. The van der Waals surface area contributed by atoms with Gasteiger partial charge in [-0.2, -0.15) is 0 Å². The van der Waals surface area contributed by atoms with Crippen LogP contribution in [0, 0.1) is 6.92 Å². The summed E-state index contributed by atoms with van der Waals surface area (Å²) in [5.74, 6) is 0. The lowest BCUT2D eigenvalue weighted by Crippen LogP contribution is -2.43. The first-order valence-corrected chi connectivity index (χ1v) is 9.84. The van der Waals surface area contributed by atoms with Crippen LogP contribution in [0.15, 0.2) is 26.0 Å². The summed E-state index contributed by atoms with van der Waals surface area (Å²) in [6, 6.07) is 3.40. The highest BCUT2D eigenvalue weighted by Gasteiger charge is 2.27. The summed E-state index contributed by atoms with van der Waals surface area (Å²) in [7, 11) is -3.56. The fourth-order valence-electron chi connectivity index (χ4n) is 1.54. The highest BCUT2D eigenvalue weighted by atomic mass is 79.9. The number of benzene rings is 1. The molecular formula is C12H16Br3NO2S. The molecule has 0 aromatic heterocycles. The Bertz CT molecular complexity index is 571. The van der Waals surface area contributed by atoms with Gasteiger partial charge >= 0.3 is 0 Å². The standard InChI is InChI=1S/C12H16Br3NO2S/c1-8-6-10(15)11(7-9(8)14)19(17,18)16-12(2,3)4-5-13/h6-7,16H,4-5H2,1-3H3. The third kappa shape index (κ3) is 4.81. The Labute approximate surface area is 140 Å². The van der Waals surface area contributed by atoms with Crippen molar-refractivity contribution in [2.45, 2.75) is 37.6 Å². The minimum absolute atomic E-state index is 0.243. The average molecular weight is 478 g/mol. The Morgan fingerprint density at radius 2 is 1.79 bits per heavy atom. The van der Waals surface area contributed by atoms with Crippen LogP contribution in [0.3, 0.4) is 0 Å². The van der Waals surface area contributed by atoms with Crippen molar-refractivity contribution >= 4 is 57.8 Å². The van der Waals surface area contributed by atoms with Crippen molar-refractivity contribution in [1.29, 1.82) is 0 Å². The van der Waals surface area contributed by atoms with E-state index in [1.54, 1.807) is 12.1 Å². The van der Waals surface area contributed by atoms with E-state index >= 15 is 0 Å². The SMILES string of the molecule is Cc1cc(Br)c(S(=O)(=O)NC(C)(C)CCBr)cc1Br. The van der Waals surface area contributed by atoms with Crippen LogP contribution in [0.2, 0.25) is 0 Å². The minimum atomic E-state index is -3.56. The summed E-state index contributed by atoms with van der Waals surface area (Å²) < 4.78 is 28.9. The molecule has 0 aliphatic carbocycles. The summed E-state index contributed by atoms with van der Waals surface area (Å²) in [4.78, 5) is 0.243. The van der Waals surface area contributed by atoms with Crippen molar-refractivity contribution in [3.05, 3.63) is 26.6 Å². The van der Waals surface area contributed by atoms with Crippen LogP contribution in [0.4, 0.5) is 0 Å². The maximum Gasteiger partial charge on any atom is 0.242 e. The molecule has 0 bridgehead atoms. The van der Waals surface area contributed by atoms with E-state index in [9.17, 15) is 8.42 Å². The molecule has 0 atom stereocenters. The lowest BCUT2D eigenvalue weighted by molar-refractivity contribution is 0.443. The maximum absolute atomic E-state index is 12.4. The zero-order chi connectivity index (χ0) is 14.8. The van der Waals surface area contributed by atoms with Gasteiger partial charge < -0.3 is 0 Å². The van der Waals surface area contributed by atoms with E-state index in [0.29, 0.717) is 10.9 Å². The molecule has 0 fully saturated rings. The topological polar surface area (TPSA) is 46.2 Å². The van der Waals surface area contributed by atoms with E-state index in [1.807, 2.05) is 20.8 Å². The molecule has 0 saturated heterocycles. The molecule has 3 nitrogen and oxygen atoms in total. The molecular weight excluding hydrogens is 462 g/mol. The molecule has 1 aromatic carbocycles. The van der Waals surface area contributed by atoms with E-state index in [2.05, 4.69) is 52.5 Å². The molecule has 0 amide bonds. The highest BCUT2D eigenvalue weighted by Crippen LogP contribution is 2.29. The van der Waals surface area contributed by atoms with Crippen LogP contribution in [-0.4, -0.2) is 19.3 Å². The Hall–Kier alpha value is 0.570. The monoisotopic (exact) mass is 475 g/mol. The molecule has 0 aliphatic heterocycles. The first-order chi connectivity index (χ1) is 8.59. The van der Waals surface area contributed by atoms with E-state index < -0.39 is 15.6 Å². The van der Waals surface area contributed by atoms with Gasteiger partial charge in [0.25, 0.3) is 0 Å². The number of halogens is 3. The van der Waals surface area contributed by atoms with Crippen LogP contribution in [0.5, 0.6) is 0 Å². The summed E-state index contributed by atoms with van der Waals surface area (Å²) in [5, 5.41) is 0.737. The third-order valence-electron chi connectivity index (χ3n) is 2.63. The Morgan fingerprint density at radius 1 is 1.21 bits per heavy atom. The van der Waals surface area contributed by atoms with E-state index in [4.69, 9.17) is 0 Å². The number of hydrogen-bond donors (Lipinski definition) is 1. The van der Waals surface area contributed by atoms with Gasteiger partial charge in [-0.15, -0.1) is 0 Å². The minimum Gasteiger partial charge on any atom is -0.207 e. The van der Waals surface area contributed by atoms with Gasteiger partial charge in [-0.05, 0) is 60.8 Å². The zero-order valence-electron chi connectivity index (χ0n) is 10.9. The van der Waals surface area contributed by atoms with Crippen LogP contribution in [-0.2, 0) is 10.0 Å². The van der Waals surface area contributed by atoms with E-state index in [1.165, 1.54) is 0 Å². The number of rotatable bonds is 5. The first-order valence-electron chi connectivity index (χ1n) is 5.65. The predicted octanol–water partition coefficient (Wildman–Crippen LogP) is 4.36. The molecule has 7 heteroatoms. The van der Waals surface area contributed by atoms with E-state index in [0.717, 1.165) is 15.4 Å². The van der Waals surface area contributed by atoms with Crippen LogP contribution in [0.25, 0.3) is 0 Å². The van der Waals surface area contributed by atoms with Gasteiger partial charge in [0, 0.05) is 19.8 Å². The largest absolute Gasteiger partial charge is 0.242 e. The van der Waals surface area contributed by atoms with Crippen molar-refractivity contribution in [3.8, 4) is 0 Å². The second-order valence-electron chi connectivity index (χ2n) is 4.96. The number of alkyl halides is 1. The van der Waals surface area contributed by atoms with E-state index in [-0.39, 0.29) is 4.90 Å². The quantitative estimate of drug-likeness (QED) is 0.640. The smallest absolute Gasteiger partial charge is 0.207 e. The summed E-state index contributed by atoms with van der Waals surface area (Å²) in [6.45, 7) is 5.64. The van der Waals surface area contributed by atoms with Gasteiger partial charge in [-0.25, -0.2) is 13.1 Å². The molecule has 0 aliphatic rings. The van der Waals surface area contributed by atoms with Crippen LogP contribution >= 0.6 is 47.8 Å². The highest BCUT2D eigenvalue weighted by molar-refractivity contribution is 9.11. The van der Waals surface area contributed by atoms with Crippen LogP contribution in [0.1, 0.15) is 25.8 Å². The molecule has 1 aromatic rings. The lowest BCUT2D eigenvalue weighted by atomic mass is 10.0. The molecule has 1 N–H and O–H groups in total. The fraction of sp³-hybridized carbons (Fsp3) is 0.500. The number of aryl methyl sites for hydroxylation is 1. The van der Waals surface area contributed by atoms with Gasteiger partial charge in [0.15, 0.2) is 0 Å². The maximum atomic E-state index is 12.4. The number of hydrogen-bond acceptors (Lipinski definition) is 2. The molecule has 0 saturated carbocycles. The van der Waals surface area contributed by atoms with Gasteiger partial charge in [0.05, 0.1) is 4.90 Å². The second-order valence-corrected chi connectivity index (χ2v) is 9.11. The fourth-order valence-corrected chi connectivity index (χ4v) is 5.65. The zero-order valence-corrected chi connectivity index (χ0v) is 16.5. The molecule has 1 rings (SSSR count). The Morgan fingerprint density at radius 3 is 2.32 bits per heavy atom. The average Bonchev–Trinajstić information content (AvgIpc) is 2.21. The van der Waals surface area contributed by atoms with Crippen molar-refractivity contribution in [2.24, 2.45) is 0 Å². The third-order valence-corrected chi connectivity index (χ3v) is 6.54. The summed E-state index contributed by atoms with van der Waals surface area (Å²) >= 11 is 10.0. The Kier molecular flexibility index (Phi) is 6.08. The van der Waals surface area contributed by atoms with Crippen molar-refractivity contribution in [3.63, 3.8) is 0 Å². The summed E-state index contributed by atoms with van der Waals surface area (Å²) in [6.07, 6.45) is 0.705. The van der Waals surface area contributed by atoms with Gasteiger partial charge in [-0.1, -0.05) is 31.9 Å². The number of sulfonamides is 1. The van der Waals surface area contributed by atoms with Crippen molar-refractivity contribution in [2.75, 3.05) is 5.33 Å². The molecule has 0 heterocycles. The molecule has 108 valence electrons. The van der Waals surface area contributed by atoms with Gasteiger partial charge in [0.2, 0.25) is 10.0 Å².